The number of piperazine rings is 1. The topological polar surface area (TPSA) is 157 Å². The van der Waals surface area contributed by atoms with Crippen LogP contribution in [-0.2, 0) is 9.84 Å². The Morgan fingerprint density at radius 2 is 1.92 bits per heavy atom. The van der Waals surface area contributed by atoms with Crippen LogP contribution in [0.15, 0.2) is 34.9 Å². The lowest BCUT2D eigenvalue weighted by atomic mass is 10.2. The van der Waals surface area contributed by atoms with E-state index in [2.05, 4.69) is 30.3 Å². The van der Waals surface area contributed by atoms with Gasteiger partial charge in [0.15, 0.2) is 27.2 Å². The molecule has 0 bridgehead atoms. The molecule has 0 saturated carbocycles. The molecule has 39 heavy (non-hydrogen) atoms. The molecule has 5 rings (SSSR count). The lowest BCUT2D eigenvalue weighted by molar-refractivity contribution is 0.266. The molecule has 13 nitrogen and oxygen atoms in total. The lowest BCUT2D eigenvalue weighted by Gasteiger charge is -2.36. The number of rotatable bonds is 10. The normalized spacial score (nSPS) is 14.7. The average Bonchev–Trinajstić information content (AvgIpc) is 3.56. The van der Waals surface area contributed by atoms with Gasteiger partial charge in [-0.25, -0.2) is 17.2 Å². The van der Waals surface area contributed by atoms with Gasteiger partial charge in [0.1, 0.15) is 12.4 Å². The summed E-state index contributed by atoms with van der Waals surface area (Å²) in [7, 11) is -3.26. The van der Waals surface area contributed by atoms with Crippen LogP contribution in [0.2, 0.25) is 0 Å². The first-order valence-electron chi connectivity index (χ1n) is 12.1. The highest BCUT2D eigenvalue weighted by Crippen LogP contribution is 2.29. The van der Waals surface area contributed by atoms with Crippen molar-refractivity contribution in [1.82, 2.24) is 29.5 Å². The maximum absolute atomic E-state index is 14.5. The van der Waals surface area contributed by atoms with Crippen LogP contribution in [-0.4, -0.2) is 95.8 Å². The summed E-state index contributed by atoms with van der Waals surface area (Å²) in [4.78, 5) is 16.9. The quantitative estimate of drug-likeness (QED) is 0.285. The highest BCUT2D eigenvalue weighted by atomic mass is 32.2. The molecular weight excluding hydrogens is 536 g/mol. The first-order chi connectivity index (χ1) is 18.7. The first kappa shape index (κ1) is 26.6. The molecule has 0 aliphatic carbocycles. The molecule has 0 amide bonds. The zero-order valence-corrected chi connectivity index (χ0v) is 21.9. The number of hydrogen-bond acceptors (Lipinski definition) is 12. The Morgan fingerprint density at radius 1 is 1.13 bits per heavy atom. The van der Waals surface area contributed by atoms with Crippen LogP contribution in [0.1, 0.15) is 0 Å². The number of nitrogens with two attached hydrogens (primary N) is 1. The van der Waals surface area contributed by atoms with E-state index in [1.165, 1.54) is 16.8 Å². The van der Waals surface area contributed by atoms with Crippen molar-refractivity contribution in [3.63, 3.8) is 0 Å². The summed E-state index contributed by atoms with van der Waals surface area (Å²) in [5, 5.41) is 7.41. The van der Waals surface area contributed by atoms with Crippen LogP contribution >= 0.6 is 0 Å². The Kier molecular flexibility index (Phi) is 7.47. The van der Waals surface area contributed by atoms with Gasteiger partial charge in [-0.3, -0.25) is 4.90 Å². The number of halogens is 2. The summed E-state index contributed by atoms with van der Waals surface area (Å²) in [6, 6.07) is 5.51. The minimum Gasteiger partial charge on any atom is -0.489 e. The van der Waals surface area contributed by atoms with Crippen LogP contribution < -0.4 is 20.7 Å². The molecule has 4 heterocycles. The van der Waals surface area contributed by atoms with Crippen molar-refractivity contribution in [2.24, 2.45) is 0 Å². The Morgan fingerprint density at radius 3 is 2.64 bits per heavy atom. The van der Waals surface area contributed by atoms with Gasteiger partial charge in [0.2, 0.25) is 17.7 Å². The smallest absolute Gasteiger partial charge is 0.259 e. The minimum atomic E-state index is -3.26. The Bertz CT molecular complexity index is 1560. The van der Waals surface area contributed by atoms with Gasteiger partial charge in [0, 0.05) is 57.7 Å². The van der Waals surface area contributed by atoms with Gasteiger partial charge in [0.05, 0.1) is 17.7 Å². The van der Waals surface area contributed by atoms with Gasteiger partial charge in [-0.15, -0.1) is 5.10 Å². The van der Waals surface area contributed by atoms with E-state index < -0.39 is 21.5 Å². The molecule has 1 saturated heterocycles. The molecule has 0 radical (unpaired) electrons. The molecule has 3 N–H and O–H groups in total. The summed E-state index contributed by atoms with van der Waals surface area (Å²) in [6.07, 6.45) is 2.59. The predicted octanol–water partition coefficient (Wildman–Crippen LogP) is 1.30. The number of ether oxygens (including phenoxy) is 1. The average molecular weight is 564 g/mol. The highest BCUT2D eigenvalue weighted by molar-refractivity contribution is 7.90. The third kappa shape index (κ3) is 6.34. The molecule has 0 atom stereocenters. The predicted molar refractivity (Wildman–Crippen MR) is 139 cm³/mol. The fraction of sp³-hybridized carbons (Fsp3) is 0.391. The second-order valence-corrected chi connectivity index (χ2v) is 11.3. The summed E-state index contributed by atoms with van der Waals surface area (Å²) < 4.78 is 63.2. The van der Waals surface area contributed by atoms with Gasteiger partial charge < -0.3 is 25.1 Å². The summed E-state index contributed by atoms with van der Waals surface area (Å²) in [6.45, 7) is 3.28. The fourth-order valence-electron chi connectivity index (χ4n) is 4.11. The first-order valence-corrected chi connectivity index (χ1v) is 14.2. The van der Waals surface area contributed by atoms with Crippen LogP contribution in [0.4, 0.5) is 26.4 Å². The molecule has 0 spiro atoms. The third-order valence-electron chi connectivity index (χ3n) is 6.11. The molecule has 16 heteroatoms. The molecule has 0 unspecified atom stereocenters. The molecule has 3 aromatic heterocycles. The Labute approximate surface area is 222 Å². The number of aromatic nitrogens is 5. The van der Waals surface area contributed by atoms with Crippen LogP contribution in [0, 0.1) is 11.6 Å². The van der Waals surface area contributed by atoms with E-state index in [4.69, 9.17) is 14.9 Å². The third-order valence-corrected chi connectivity index (χ3v) is 7.02. The molecular formula is C23H27F2N9O4S. The highest BCUT2D eigenvalue weighted by Gasteiger charge is 2.22. The van der Waals surface area contributed by atoms with E-state index >= 15 is 0 Å². The van der Waals surface area contributed by atoms with E-state index in [9.17, 15) is 17.2 Å². The number of sulfone groups is 1. The van der Waals surface area contributed by atoms with Crippen LogP contribution in [0.3, 0.4) is 0 Å². The molecule has 1 aliphatic heterocycles. The number of anilines is 3. The van der Waals surface area contributed by atoms with Gasteiger partial charge >= 0.3 is 0 Å². The molecule has 1 fully saturated rings. The Hall–Kier alpha value is -4.05. The van der Waals surface area contributed by atoms with Crippen LogP contribution in [0.5, 0.6) is 5.75 Å². The van der Waals surface area contributed by atoms with Gasteiger partial charge in [-0.05, 0) is 12.1 Å². The molecule has 208 valence electrons. The van der Waals surface area contributed by atoms with Crippen LogP contribution in [0.25, 0.3) is 17.4 Å². The largest absolute Gasteiger partial charge is 0.489 e. The van der Waals surface area contributed by atoms with Crippen molar-refractivity contribution in [2.75, 3.05) is 73.8 Å². The number of fused-ring (bicyclic) bond motifs is 1. The zero-order valence-electron chi connectivity index (χ0n) is 21.0. The molecule has 4 aromatic rings. The Balaban J connectivity index is 1.14. The number of benzene rings is 1. The lowest BCUT2D eigenvalue weighted by Crippen LogP contribution is -2.48. The van der Waals surface area contributed by atoms with E-state index in [0.29, 0.717) is 56.8 Å². The van der Waals surface area contributed by atoms with E-state index in [1.54, 1.807) is 12.1 Å². The second-order valence-electron chi connectivity index (χ2n) is 9.00. The summed E-state index contributed by atoms with van der Waals surface area (Å²) in [5.74, 6) is -0.455. The van der Waals surface area contributed by atoms with E-state index in [0.717, 1.165) is 12.3 Å². The van der Waals surface area contributed by atoms with E-state index in [1.807, 2.05) is 4.90 Å². The van der Waals surface area contributed by atoms with Gasteiger partial charge in [-0.2, -0.15) is 19.5 Å². The standard InChI is InChI=1S/C23H27F2N9O4S/c1-39(35,36)12-11-38-19-14-17(15(24)13-16(19)25)33-8-6-32(7-9-33)5-4-27-22-29-21(26)34-23(30-22)28-20(31-34)18-3-2-10-37-18/h2-3,10,13-14H,4-9,11-12H2,1H3,(H3,26,27,28,29,30,31). The van der Waals surface area contributed by atoms with Crippen molar-refractivity contribution in [1.29, 1.82) is 0 Å². The second kappa shape index (κ2) is 11.0. The number of nitrogen functional groups attached to an aromatic ring is 1. The van der Waals surface area contributed by atoms with Crippen molar-refractivity contribution in [3.8, 4) is 17.3 Å². The maximum atomic E-state index is 14.5. The van der Waals surface area contributed by atoms with Crippen molar-refractivity contribution >= 4 is 33.2 Å². The molecule has 1 aromatic carbocycles. The summed E-state index contributed by atoms with van der Waals surface area (Å²) >= 11 is 0. The number of nitrogens with zero attached hydrogens (tertiary/aromatic N) is 7. The zero-order chi connectivity index (χ0) is 27.6. The van der Waals surface area contributed by atoms with E-state index in [-0.39, 0.29) is 35.5 Å². The van der Waals surface area contributed by atoms with Gasteiger partial charge in [0.25, 0.3) is 5.78 Å². The summed E-state index contributed by atoms with van der Waals surface area (Å²) in [5.41, 5.74) is 6.23. The number of nitrogens with one attached hydrogen (secondary N) is 1. The monoisotopic (exact) mass is 563 g/mol. The maximum Gasteiger partial charge on any atom is 0.259 e. The number of hydrogen-bond donors (Lipinski definition) is 2. The molecule has 1 aliphatic rings. The van der Waals surface area contributed by atoms with Crippen molar-refractivity contribution < 1.29 is 26.4 Å². The minimum absolute atomic E-state index is 0.127. The number of furan rings is 1. The van der Waals surface area contributed by atoms with Crippen molar-refractivity contribution in [2.45, 2.75) is 0 Å². The fourth-order valence-corrected chi connectivity index (χ4v) is 4.49. The van der Waals surface area contributed by atoms with Gasteiger partial charge in [-0.1, -0.05) is 0 Å². The SMILES string of the molecule is CS(=O)(=O)CCOc1cc(N2CCN(CCNc3nc(N)n4nc(-c5ccco5)nc4n3)CC2)c(F)cc1F. The van der Waals surface area contributed by atoms with Crippen molar-refractivity contribution in [3.05, 3.63) is 42.2 Å².